The highest BCUT2D eigenvalue weighted by molar-refractivity contribution is 7.92. The number of nitrogens with zero attached hydrogens (tertiary/aromatic N) is 3. The third-order valence-electron chi connectivity index (χ3n) is 5.60. The Kier molecular flexibility index (Phi) is 6.50. The van der Waals surface area contributed by atoms with Gasteiger partial charge in [-0.15, -0.1) is 10.2 Å². The van der Waals surface area contributed by atoms with E-state index in [0.717, 1.165) is 40.1 Å². The summed E-state index contributed by atoms with van der Waals surface area (Å²) in [5.41, 5.74) is 4.70. The molecule has 7 nitrogen and oxygen atoms in total. The molecule has 1 fully saturated rings. The quantitative estimate of drug-likeness (QED) is 0.415. The molecule has 1 N–H and O–H groups in total. The Hall–Kier alpha value is -3.04. The number of nitrogens with one attached hydrogen (secondary N) is 1. The van der Waals surface area contributed by atoms with Crippen molar-refractivity contribution >= 4 is 11.2 Å². The average molecular weight is 461 g/mol. The Morgan fingerprint density at radius 3 is 2.33 bits per heavy atom. The van der Waals surface area contributed by atoms with Gasteiger partial charge < -0.3 is 19.0 Å². The van der Waals surface area contributed by atoms with E-state index in [-0.39, 0.29) is 5.25 Å². The summed E-state index contributed by atoms with van der Waals surface area (Å²) in [6, 6.07) is 17.8. The van der Waals surface area contributed by atoms with Gasteiger partial charge in [0.15, 0.2) is 4.90 Å². The zero-order valence-electron chi connectivity index (χ0n) is 18.2. The van der Waals surface area contributed by atoms with Crippen LogP contribution in [-0.4, -0.2) is 45.2 Å². The molecule has 2 aromatic heterocycles. The lowest BCUT2D eigenvalue weighted by Crippen LogP contribution is -2.21. The number of hydrogen-bond acceptors (Lipinski definition) is 7. The van der Waals surface area contributed by atoms with Crippen LogP contribution in [0.15, 0.2) is 76.3 Å². The molecule has 8 heteroatoms. The molecule has 1 aliphatic heterocycles. The third kappa shape index (κ3) is 4.84. The Morgan fingerprint density at radius 2 is 1.64 bits per heavy atom. The molecule has 0 bridgehead atoms. The topological polar surface area (TPSA) is 96.1 Å². The summed E-state index contributed by atoms with van der Waals surface area (Å²) < 4.78 is 24.0. The SMILES string of the molecule is CNCc1ccc(-c2nnc(-c3cncc(-c4ccc([S+]([O-])C5CCOC5)cc4)c3)o2)cc1. The van der Waals surface area contributed by atoms with Crippen LogP contribution in [0.4, 0.5) is 0 Å². The summed E-state index contributed by atoms with van der Waals surface area (Å²) in [6.07, 6.45) is 4.34. The predicted octanol–water partition coefficient (Wildman–Crippen LogP) is 4.08. The first-order chi connectivity index (χ1) is 16.2. The molecule has 2 unspecified atom stereocenters. The smallest absolute Gasteiger partial charge is 0.249 e. The minimum Gasteiger partial charge on any atom is -0.611 e. The summed E-state index contributed by atoms with van der Waals surface area (Å²) in [5.74, 6) is 0.881. The second-order valence-electron chi connectivity index (χ2n) is 7.91. The Balaban J connectivity index is 1.34. The van der Waals surface area contributed by atoms with Crippen LogP contribution in [0.2, 0.25) is 0 Å². The van der Waals surface area contributed by atoms with Gasteiger partial charge in [-0.05, 0) is 71.8 Å². The van der Waals surface area contributed by atoms with Gasteiger partial charge in [0.1, 0.15) is 5.25 Å². The first-order valence-electron chi connectivity index (χ1n) is 10.8. The average Bonchev–Trinajstić information content (AvgIpc) is 3.58. The summed E-state index contributed by atoms with van der Waals surface area (Å²) in [5, 5.41) is 11.6. The fraction of sp³-hybridized carbons (Fsp3) is 0.240. The minimum atomic E-state index is -1.05. The molecule has 0 aliphatic carbocycles. The molecular weight excluding hydrogens is 436 g/mol. The maximum absolute atomic E-state index is 12.7. The van der Waals surface area contributed by atoms with E-state index < -0.39 is 11.2 Å². The summed E-state index contributed by atoms with van der Waals surface area (Å²) in [6.45, 7) is 2.05. The summed E-state index contributed by atoms with van der Waals surface area (Å²) in [7, 11) is 1.92. The zero-order chi connectivity index (χ0) is 22.6. The van der Waals surface area contributed by atoms with Gasteiger partial charge in [0.05, 0.1) is 18.8 Å². The number of pyridine rings is 1. The maximum Gasteiger partial charge on any atom is 0.249 e. The predicted molar refractivity (Wildman–Crippen MR) is 127 cm³/mol. The van der Waals surface area contributed by atoms with Crippen LogP contribution >= 0.6 is 0 Å². The molecule has 5 rings (SSSR count). The van der Waals surface area contributed by atoms with Crippen molar-refractivity contribution < 1.29 is 13.7 Å². The van der Waals surface area contributed by atoms with Gasteiger partial charge in [-0.1, -0.05) is 12.1 Å². The second kappa shape index (κ2) is 9.84. The van der Waals surface area contributed by atoms with Crippen LogP contribution in [0.5, 0.6) is 0 Å². The molecule has 4 aromatic rings. The first kappa shape index (κ1) is 21.8. The number of hydrogen-bond donors (Lipinski definition) is 1. The highest BCUT2D eigenvalue weighted by Crippen LogP contribution is 2.29. The van der Waals surface area contributed by atoms with Crippen LogP contribution < -0.4 is 5.32 Å². The molecule has 0 spiro atoms. The molecule has 0 amide bonds. The van der Waals surface area contributed by atoms with Crippen molar-refractivity contribution in [1.82, 2.24) is 20.5 Å². The molecule has 168 valence electrons. The zero-order valence-corrected chi connectivity index (χ0v) is 19.0. The molecule has 0 saturated carbocycles. The highest BCUT2D eigenvalue weighted by atomic mass is 32.2. The van der Waals surface area contributed by atoms with E-state index >= 15 is 0 Å². The molecule has 1 aliphatic rings. The normalized spacial score (nSPS) is 16.7. The van der Waals surface area contributed by atoms with Crippen LogP contribution in [0.3, 0.4) is 0 Å². The van der Waals surface area contributed by atoms with Crippen molar-refractivity contribution in [3.05, 3.63) is 72.6 Å². The van der Waals surface area contributed by atoms with Gasteiger partial charge >= 0.3 is 0 Å². The van der Waals surface area contributed by atoms with E-state index in [0.29, 0.717) is 25.0 Å². The van der Waals surface area contributed by atoms with Gasteiger partial charge in [0.2, 0.25) is 11.8 Å². The van der Waals surface area contributed by atoms with E-state index in [1.54, 1.807) is 12.4 Å². The summed E-state index contributed by atoms with van der Waals surface area (Å²) in [4.78, 5) is 5.18. The van der Waals surface area contributed by atoms with E-state index in [1.807, 2.05) is 61.6 Å². The molecule has 0 radical (unpaired) electrons. The fourth-order valence-electron chi connectivity index (χ4n) is 3.80. The van der Waals surface area contributed by atoms with Crippen molar-refractivity contribution in [3.8, 4) is 34.0 Å². The van der Waals surface area contributed by atoms with Gasteiger partial charge in [-0.3, -0.25) is 4.98 Å². The van der Waals surface area contributed by atoms with Crippen molar-refractivity contribution in [2.24, 2.45) is 0 Å². The van der Waals surface area contributed by atoms with Crippen LogP contribution in [0, 0.1) is 0 Å². The maximum atomic E-state index is 12.7. The van der Waals surface area contributed by atoms with Crippen molar-refractivity contribution in [2.75, 3.05) is 20.3 Å². The molecule has 33 heavy (non-hydrogen) atoms. The van der Waals surface area contributed by atoms with E-state index in [1.165, 1.54) is 5.56 Å². The Bertz CT molecular complexity index is 1210. The van der Waals surface area contributed by atoms with Gasteiger partial charge in [0.25, 0.3) is 0 Å². The van der Waals surface area contributed by atoms with Gasteiger partial charge in [0, 0.05) is 36.5 Å². The van der Waals surface area contributed by atoms with Crippen molar-refractivity contribution in [2.45, 2.75) is 23.1 Å². The number of rotatable bonds is 7. The van der Waals surface area contributed by atoms with Crippen molar-refractivity contribution in [3.63, 3.8) is 0 Å². The Morgan fingerprint density at radius 1 is 0.939 bits per heavy atom. The van der Waals surface area contributed by atoms with Gasteiger partial charge in [-0.2, -0.15) is 0 Å². The number of aromatic nitrogens is 3. The van der Waals surface area contributed by atoms with Crippen LogP contribution in [0.25, 0.3) is 34.0 Å². The fourth-order valence-corrected chi connectivity index (χ4v) is 5.12. The molecular formula is C25H24N4O3S. The molecule has 3 heterocycles. The number of ether oxygens (including phenoxy) is 1. The third-order valence-corrected chi connectivity index (χ3v) is 7.32. The lowest BCUT2D eigenvalue weighted by Gasteiger charge is -2.15. The standard InChI is InChI=1S/C25H24N4O3S/c1-26-13-17-2-4-19(5-3-17)24-28-29-25(32-24)21-12-20(14-27-15-21)18-6-8-22(9-7-18)33(30)23-10-11-31-16-23/h2-9,12,14-15,23,26H,10-11,13,16H2,1H3. The monoisotopic (exact) mass is 460 g/mol. The number of benzene rings is 2. The lowest BCUT2D eigenvalue weighted by atomic mass is 10.1. The van der Waals surface area contributed by atoms with Crippen molar-refractivity contribution in [1.29, 1.82) is 0 Å². The van der Waals surface area contributed by atoms with E-state index in [4.69, 9.17) is 9.15 Å². The van der Waals surface area contributed by atoms with E-state index in [2.05, 4.69) is 20.5 Å². The van der Waals surface area contributed by atoms with Gasteiger partial charge in [-0.25, -0.2) is 0 Å². The first-order valence-corrected chi connectivity index (χ1v) is 12.0. The molecule has 2 atom stereocenters. The second-order valence-corrected chi connectivity index (χ2v) is 9.64. The van der Waals surface area contributed by atoms with E-state index in [9.17, 15) is 4.55 Å². The Labute approximate surface area is 195 Å². The van der Waals surface area contributed by atoms with Crippen LogP contribution in [-0.2, 0) is 22.5 Å². The largest absolute Gasteiger partial charge is 0.611 e. The minimum absolute atomic E-state index is 0.0760. The summed E-state index contributed by atoms with van der Waals surface area (Å²) >= 11 is -1.05. The molecule has 2 aromatic carbocycles. The lowest BCUT2D eigenvalue weighted by molar-refractivity contribution is 0.198. The highest BCUT2D eigenvalue weighted by Gasteiger charge is 2.29. The molecule has 1 saturated heterocycles. The van der Waals surface area contributed by atoms with Crippen LogP contribution in [0.1, 0.15) is 12.0 Å².